The molecule has 1 aliphatic rings. The Labute approximate surface area is 257 Å². The summed E-state index contributed by atoms with van der Waals surface area (Å²) in [5.41, 5.74) is 3.02. The maximum Gasteiger partial charge on any atom is 0.242 e. The molecule has 12 heteroatoms. The van der Waals surface area contributed by atoms with Crippen molar-refractivity contribution in [3.63, 3.8) is 0 Å². The van der Waals surface area contributed by atoms with E-state index in [1.807, 2.05) is 26.0 Å². The zero-order valence-electron chi connectivity index (χ0n) is 26.4. The number of carbonyl (C=O) groups is 2. The lowest BCUT2D eigenvalue weighted by Gasteiger charge is -2.24. The summed E-state index contributed by atoms with van der Waals surface area (Å²) in [6.45, 7) is 5.78. The van der Waals surface area contributed by atoms with Crippen molar-refractivity contribution in [1.29, 1.82) is 0 Å². The van der Waals surface area contributed by atoms with E-state index in [9.17, 15) is 14.4 Å². The highest BCUT2D eigenvalue weighted by Crippen LogP contribution is 2.50. The number of aryl methyl sites for hydroxylation is 2. The first kappa shape index (κ1) is 32.3. The fraction of sp³-hybridized carbons (Fsp3) is 0.469. The SMILES string of the molecule is CC[C@@H](C)[C@H](Nc1ccc2c(cc1=O)[C@@H](NC(C)=O)CCc1cc(OC)c(OC)c(OC)c1-2)C(=O)NCCc1ncn(C)n1. The van der Waals surface area contributed by atoms with Crippen molar-refractivity contribution in [1.82, 2.24) is 25.4 Å². The molecule has 0 aliphatic heterocycles. The van der Waals surface area contributed by atoms with Gasteiger partial charge in [0.05, 0.1) is 33.1 Å². The first-order valence-electron chi connectivity index (χ1n) is 14.8. The summed E-state index contributed by atoms with van der Waals surface area (Å²) < 4.78 is 18.7. The Bertz CT molecular complexity index is 1570. The van der Waals surface area contributed by atoms with Gasteiger partial charge >= 0.3 is 0 Å². The Morgan fingerprint density at radius 2 is 1.86 bits per heavy atom. The van der Waals surface area contributed by atoms with Crippen molar-refractivity contribution in [2.75, 3.05) is 33.2 Å². The Hall–Kier alpha value is -4.61. The lowest BCUT2D eigenvalue weighted by molar-refractivity contribution is -0.123. The number of amides is 2. The van der Waals surface area contributed by atoms with Crippen molar-refractivity contribution in [3.05, 3.63) is 57.8 Å². The van der Waals surface area contributed by atoms with Gasteiger partial charge in [0.25, 0.3) is 0 Å². The fourth-order valence-corrected chi connectivity index (χ4v) is 5.60. The lowest BCUT2D eigenvalue weighted by atomic mass is 9.95. The Balaban J connectivity index is 1.77. The second kappa shape index (κ2) is 14.2. The number of fused-ring (bicyclic) bond motifs is 3. The highest BCUT2D eigenvalue weighted by Gasteiger charge is 2.30. The quantitative estimate of drug-likeness (QED) is 0.283. The summed E-state index contributed by atoms with van der Waals surface area (Å²) in [4.78, 5) is 43.6. The first-order chi connectivity index (χ1) is 21.1. The molecule has 0 fully saturated rings. The van der Waals surface area contributed by atoms with E-state index in [0.717, 1.165) is 11.1 Å². The van der Waals surface area contributed by atoms with Crippen LogP contribution in [0.4, 0.5) is 5.69 Å². The van der Waals surface area contributed by atoms with Crippen LogP contribution in [0.25, 0.3) is 11.1 Å². The van der Waals surface area contributed by atoms with Gasteiger partial charge < -0.3 is 30.2 Å². The van der Waals surface area contributed by atoms with Crippen LogP contribution in [0.1, 0.15) is 56.6 Å². The molecule has 1 heterocycles. The number of methoxy groups -OCH3 is 3. The van der Waals surface area contributed by atoms with Gasteiger partial charge in [-0.05, 0) is 53.6 Å². The standard InChI is InChI=1S/C32H42N6O6/c1-8-18(2)29(32(41)33-14-13-27-34-17-38(4)37-27)36-24-12-10-21-22(16-25(24)40)23(35-19(3)39)11-9-20-15-26(42-5)30(43-6)31(44-7)28(20)21/h10,12,15-18,23,29H,8-9,11,13-14H2,1-7H3,(H,33,41)(H,35,39)(H,36,40)/t18-,23+,29+/m1/s1. The highest BCUT2D eigenvalue weighted by molar-refractivity contribution is 5.86. The summed E-state index contributed by atoms with van der Waals surface area (Å²) in [6.07, 6.45) is 3.96. The molecule has 0 spiro atoms. The molecule has 2 aromatic carbocycles. The molecule has 1 aromatic heterocycles. The van der Waals surface area contributed by atoms with Crippen molar-refractivity contribution in [2.45, 2.75) is 58.5 Å². The van der Waals surface area contributed by atoms with Gasteiger partial charge in [0.15, 0.2) is 17.3 Å². The molecule has 1 aliphatic carbocycles. The van der Waals surface area contributed by atoms with Gasteiger partial charge in [-0.3, -0.25) is 19.1 Å². The number of rotatable bonds is 12. The van der Waals surface area contributed by atoms with Crippen LogP contribution in [-0.2, 0) is 29.5 Å². The predicted molar refractivity (Wildman–Crippen MR) is 167 cm³/mol. The number of hydrogen-bond acceptors (Lipinski definition) is 9. The summed E-state index contributed by atoms with van der Waals surface area (Å²) >= 11 is 0. The third-order valence-corrected chi connectivity index (χ3v) is 8.02. The molecular formula is C32H42N6O6. The average Bonchev–Trinajstić information content (AvgIpc) is 3.28. The molecule has 4 rings (SSSR count). The molecule has 3 N–H and O–H groups in total. The molecule has 2 amide bonds. The summed E-state index contributed by atoms with van der Waals surface area (Å²) in [5, 5.41) is 13.5. The molecule has 0 radical (unpaired) electrons. The van der Waals surface area contributed by atoms with Crippen molar-refractivity contribution >= 4 is 17.5 Å². The zero-order chi connectivity index (χ0) is 32.0. The number of nitrogens with one attached hydrogen (secondary N) is 3. The van der Waals surface area contributed by atoms with E-state index in [0.29, 0.717) is 66.4 Å². The molecule has 12 nitrogen and oxygen atoms in total. The topological polar surface area (TPSA) is 146 Å². The summed E-state index contributed by atoms with van der Waals surface area (Å²) in [6, 6.07) is 5.89. The van der Waals surface area contributed by atoms with Crippen LogP contribution in [0, 0.1) is 5.92 Å². The molecular weight excluding hydrogens is 564 g/mol. The van der Waals surface area contributed by atoms with E-state index in [-0.39, 0.29) is 28.8 Å². The van der Waals surface area contributed by atoms with E-state index >= 15 is 0 Å². The average molecular weight is 607 g/mol. The van der Waals surface area contributed by atoms with Gasteiger partial charge in [0.1, 0.15) is 12.4 Å². The second-order valence-electron chi connectivity index (χ2n) is 11.0. The molecule has 236 valence electrons. The van der Waals surface area contributed by atoms with E-state index in [2.05, 4.69) is 26.0 Å². The number of nitrogens with zero attached hydrogens (tertiary/aromatic N) is 3. The van der Waals surface area contributed by atoms with Crippen molar-refractivity contribution < 1.29 is 23.8 Å². The number of aromatic nitrogens is 3. The van der Waals surface area contributed by atoms with Crippen molar-refractivity contribution in [3.8, 4) is 28.4 Å². The molecule has 0 saturated heterocycles. The second-order valence-corrected chi connectivity index (χ2v) is 11.0. The molecule has 3 atom stereocenters. The first-order valence-corrected chi connectivity index (χ1v) is 14.8. The van der Waals surface area contributed by atoms with E-state index in [1.165, 1.54) is 6.92 Å². The van der Waals surface area contributed by atoms with Gasteiger partial charge in [-0.1, -0.05) is 26.3 Å². The molecule has 0 bridgehead atoms. The lowest BCUT2D eigenvalue weighted by Crippen LogP contribution is -2.45. The minimum Gasteiger partial charge on any atom is -0.493 e. The maximum atomic E-state index is 13.8. The van der Waals surface area contributed by atoms with Gasteiger partial charge in [0.2, 0.25) is 23.0 Å². The largest absolute Gasteiger partial charge is 0.493 e. The van der Waals surface area contributed by atoms with Crippen LogP contribution in [0.2, 0.25) is 0 Å². The highest BCUT2D eigenvalue weighted by atomic mass is 16.5. The van der Waals surface area contributed by atoms with Gasteiger partial charge in [-0.2, -0.15) is 5.10 Å². The normalized spacial score (nSPS) is 15.1. The third-order valence-electron chi connectivity index (χ3n) is 8.02. The monoisotopic (exact) mass is 606 g/mol. The van der Waals surface area contributed by atoms with Crippen LogP contribution in [0.3, 0.4) is 0 Å². The van der Waals surface area contributed by atoms with Crippen LogP contribution in [0.5, 0.6) is 17.2 Å². The van der Waals surface area contributed by atoms with E-state index in [4.69, 9.17) is 14.2 Å². The Kier molecular flexibility index (Phi) is 10.5. The molecule has 44 heavy (non-hydrogen) atoms. The number of carbonyl (C=O) groups excluding carboxylic acids is 2. The van der Waals surface area contributed by atoms with Crippen LogP contribution >= 0.6 is 0 Å². The maximum absolute atomic E-state index is 13.8. The minimum atomic E-state index is -0.663. The Morgan fingerprint density at radius 1 is 1.11 bits per heavy atom. The van der Waals surface area contributed by atoms with Crippen molar-refractivity contribution in [2.24, 2.45) is 13.0 Å². The smallest absolute Gasteiger partial charge is 0.242 e. The molecule has 0 unspecified atom stereocenters. The molecule has 3 aromatic rings. The predicted octanol–water partition coefficient (Wildman–Crippen LogP) is 3.18. The molecule has 0 saturated carbocycles. The van der Waals surface area contributed by atoms with Crippen LogP contribution in [-0.4, -0.2) is 60.5 Å². The number of hydrogen-bond donors (Lipinski definition) is 3. The van der Waals surface area contributed by atoms with Gasteiger partial charge in [-0.15, -0.1) is 0 Å². The summed E-state index contributed by atoms with van der Waals surface area (Å²) in [7, 11) is 6.45. The fourth-order valence-electron chi connectivity index (χ4n) is 5.60. The number of benzene rings is 1. The minimum absolute atomic E-state index is 0.0737. The van der Waals surface area contributed by atoms with Crippen LogP contribution in [0.15, 0.2) is 35.4 Å². The summed E-state index contributed by atoms with van der Waals surface area (Å²) in [5.74, 6) is 1.56. The number of anilines is 1. The van der Waals surface area contributed by atoms with Crippen LogP contribution < -0.4 is 35.6 Å². The Morgan fingerprint density at radius 3 is 2.48 bits per heavy atom. The van der Waals surface area contributed by atoms with E-state index in [1.54, 1.807) is 51.5 Å². The van der Waals surface area contributed by atoms with Gasteiger partial charge in [0, 0.05) is 32.5 Å². The third kappa shape index (κ3) is 6.95. The number of ether oxygens (including phenoxy) is 3. The zero-order valence-corrected chi connectivity index (χ0v) is 26.4. The van der Waals surface area contributed by atoms with Gasteiger partial charge in [-0.25, -0.2) is 4.98 Å². The van der Waals surface area contributed by atoms with E-state index < -0.39 is 12.1 Å².